The van der Waals surface area contributed by atoms with Crippen LogP contribution in [0.15, 0.2) is 12.3 Å². The molecule has 0 bridgehead atoms. The van der Waals surface area contributed by atoms with Gasteiger partial charge in [-0.05, 0) is 44.6 Å². The molecule has 112 valence electrons. The molecule has 1 unspecified atom stereocenters. The van der Waals surface area contributed by atoms with Crippen LogP contribution in [-0.2, 0) is 6.54 Å². The van der Waals surface area contributed by atoms with Crippen molar-refractivity contribution in [2.24, 2.45) is 0 Å². The number of aromatic nitrogens is 1. The Morgan fingerprint density at radius 2 is 2.35 bits per heavy atom. The number of pyridine rings is 1. The molecule has 1 aromatic rings. The molecule has 2 heterocycles. The maximum Gasteiger partial charge on any atom is 0.232 e. The van der Waals surface area contributed by atoms with Gasteiger partial charge in [0, 0.05) is 18.8 Å². The second-order valence-corrected chi connectivity index (χ2v) is 5.76. The number of rotatable bonds is 6. The first kappa shape index (κ1) is 15.5. The second-order valence-electron chi connectivity index (χ2n) is 5.35. The number of piperidine rings is 1. The van der Waals surface area contributed by atoms with E-state index in [2.05, 4.69) is 29.2 Å². The molecule has 1 aromatic heterocycles. The summed E-state index contributed by atoms with van der Waals surface area (Å²) in [6, 6.07) is 2.40. The van der Waals surface area contributed by atoms with Gasteiger partial charge in [0.15, 0.2) is 0 Å². The highest BCUT2D eigenvalue weighted by Crippen LogP contribution is 2.24. The van der Waals surface area contributed by atoms with E-state index in [-0.39, 0.29) is 0 Å². The second kappa shape index (κ2) is 7.81. The molecule has 0 aliphatic carbocycles. The van der Waals surface area contributed by atoms with Crippen molar-refractivity contribution < 1.29 is 4.74 Å². The molecule has 0 amide bonds. The van der Waals surface area contributed by atoms with Crippen LogP contribution in [0.4, 0.5) is 0 Å². The summed E-state index contributed by atoms with van der Waals surface area (Å²) in [5.41, 5.74) is 1.08. The molecule has 1 fully saturated rings. The number of nitrogens with one attached hydrogen (secondary N) is 1. The van der Waals surface area contributed by atoms with E-state index in [0.29, 0.717) is 23.6 Å². The summed E-state index contributed by atoms with van der Waals surface area (Å²) in [5, 5.41) is 3.85. The van der Waals surface area contributed by atoms with E-state index in [4.69, 9.17) is 16.3 Å². The molecule has 20 heavy (non-hydrogen) atoms. The predicted octanol–water partition coefficient (Wildman–Crippen LogP) is 2.71. The zero-order valence-electron chi connectivity index (χ0n) is 12.4. The van der Waals surface area contributed by atoms with Gasteiger partial charge in [-0.25, -0.2) is 4.98 Å². The van der Waals surface area contributed by atoms with Crippen molar-refractivity contribution in [1.82, 2.24) is 15.2 Å². The Balaban J connectivity index is 1.89. The van der Waals surface area contributed by atoms with Crippen LogP contribution in [0.5, 0.6) is 5.88 Å². The fraction of sp³-hybridized carbons (Fsp3) is 0.667. The first-order chi connectivity index (χ1) is 9.70. The van der Waals surface area contributed by atoms with E-state index in [1.165, 1.54) is 19.3 Å². The maximum absolute atomic E-state index is 6.23. The van der Waals surface area contributed by atoms with Gasteiger partial charge < -0.3 is 15.0 Å². The normalized spacial score (nSPS) is 20.1. The Kier molecular flexibility index (Phi) is 6.07. The SMILES string of the molecule is CCNCc1cnc(OCC2CCCCN2C)c(Cl)c1. The first-order valence-electron chi connectivity index (χ1n) is 7.39. The molecule has 1 aliphatic rings. The van der Waals surface area contributed by atoms with Gasteiger partial charge in [0.25, 0.3) is 0 Å². The number of nitrogens with zero attached hydrogens (tertiary/aromatic N) is 2. The lowest BCUT2D eigenvalue weighted by Gasteiger charge is -2.32. The van der Waals surface area contributed by atoms with Crippen molar-refractivity contribution in [3.05, 3.63) is 22.8 Å². The van der Waals surface area contributed by atoms with Crippen LogP contribution in [0.25, 0.3) is 0 Å². The van der Waals surface area contributed by atoms with Gasteiger partial charge in [-0.15, -0.1) is 0 Å². The minimum absolute atomic E-state index is 0.475. The Labute approximate surface area is 126 Å². The Hall–Kier alpha value is -0.840. The van der Waals surface area contributed by atoms with Gasteiger partial charge in [-0.2, -0.15) is 0 Å². The molecule has 0 aromatic carbocycles. The fourth-order valence-corrected chi connectivity index (χ4v) is 2.71. The third-order valence-corrected chi connectivity index (χ3v) is 4.05. The highest BCUT2D eigenvalue weighted by molar-refractivity contribution is 6.31. The topological polar surface area (TPSA) is 37.4 Å². The van der Waals surface area contributed by atoms with E-state index in [1.807, 2.05) is 12.3 Å². The highest BCUT2D eigenvalue weighted by Gasteiger charge is 2.20. The first-order valence-corrected chi connectivity index (χ1v) is 7.76. The molecular formula is C15H24ClN3O. The largest absolute Gasteiger partial charge is 0.475 e. The summed E-state index contributed by atoms with van der Waals surface area (Å²) in [7, 11) is 2.15. The van der Waals surface area contributed by atoms with E-state index in [1.54, 1.807) is 0 Å². The Bertz CT molecular complexity index is 428. The lowest BCUT2D eigenvalue weighted by molar-refractivity contribution is 0.122. The molecule has 5 heteroatoms. The van der Waals surface area contributed by atoms with Crippen LogP contribution in [-0.4, -0.2) is 42.7 Å². The van der Waals surface area contributed by atoms with Crippen LogP contribution in [0.2, 0.25) is 5.02 Å². The van der Waals surface area contributed by atoms with Crippen LogP contribution in [0, 0.1) is 0 Å². The molecule has 1 N–H and O–H groups in total. The maximum atomic E-state index is 6.23. The van der Waals surface area contributed by atoms with Crippen LogP contribution < -0.4 is 10.1 Å². The number of hydrogen-bond donors (Lipinski definition) is 1. The predicted molar refractivity (Wildman–Crippen MR) is 82.4 cm³/mol. The molecule has 4 nitrogen and oxygen atoms in total. The highest BCUT2D eigenvalue weighted by atomic mass is 35.5. The minimum Gasteiger partial charge on any atom is -0.475 e. The standard InChI is InChI=1S/C15H24ClN3O/c1-3-17-9-12-8-14(16)15(18-10-12)20-11-13-6-4-5-7-19(13)2/h8,10,13,17H,3-7,9,11H2,1-2H3. The smallest absolute Gasteiger partial charge is 0.232 e. The van der Waals surface area contributed by atoms with Gasteiger partial charge in [-0.1, -0.05) is 24.9 Å². The summed E-state index contributed by atoms with van der Waals surface area (Å²) < 4.78 is 5.80. The summed E-state index contributed by atoms with van der Waals surface area (Å²) in [4.78, 5) is 6.69. The van der Waals surface area contributed by atoms with Gasteiger partial charge in [0.1, 0.15) is 11.6 Å². The van der Waals surface area contributed by atoms with Crippen molar-refractivity contribution in [2.45, 2.75) is 38.8 Å². The number of hydrogen-bond acceptors (Lipinski definition) is 4. The summed E-state index contributed by atoms with van der Waals surface area (Å²) in [6.07, 6.45) is 5.58. The molecule has 2 rings (SSSR count). The summed E-state index contributed by atoms with van der Waals surface area (Å²) in [6.45, 7) is 5.61. The Morgan fingerprint density at radius 3 is 3.05 bits per heavy atom. The van der Waals surface area contributed by atoms with E-state index in [0.717, 1.165) is 25.2 Å². The molecule has 0 radical (unpaired) electrons. The molecule has 0 spiro atoms. The van der Waals surface area contributed by atoms with E-state index >= 15 is 0 Å². The van der Waals surface area contributed by atoms with Crippen LogP contribution >= 0.6 is 11.6 Å². The quantitative estimate of drug-likeness (QED) is 0.876. The summed E-state index contributed by atoms with van der Waals surface area (Å²) in [5.74, 6) is 0.547. The molecule has 1 saturated heterocycles. The summed E-state index contributed by atoms with van der Waals surface area (Å²) >= 11 is 6.23. The Morgan fingerprint density at radius 1 is 1.50 bits per heavy atom. The lowest BCUT2D eigenvalue weighted by Crippen LogP contribution is -2.40. The fourth-order valence-electron chi connectivity index (χ4n) is 2.47. The number of halogens is 1. The molecule has 1 aliphatic heterocycles. The van der Waals surface area contributed by atoms with Gasteiger partial charge in [0.2, 0.25) is 5.88 Å². The third kappa shape index (κ3) is 4.33. The monoisotopic (exact) mass is 297 g/mol. The average Bonchev–Trinajstić information content (AvgIpc) is 2.45. The average molecular weight is 298 g/mol. The van der Waals surface area contributed by atoms with Gasteiger partial charge >= 0.3 is 0 Å². The number of likely N-dealkylation sites (tertiary alicyclic amines) is 1. The van der Waals surface area contributed by atoms with E-state index in [9.17, 15) is 0 Å². The lowest BCUT2D eigenvalue weighted by atomic mass is 10.0. The zero-order valence-corrected chi connectivity index (χ0v) is 13.1. The number of ether oxygens (including phenoxy) is 1. The van der Waals surface area contributed by atoms with Gasteiger partial charge in [-0.3, -0.25) is 0 Å². The molecule has 0 saturated carbocycles. The van der Waals surface area contributed by atoms with Crippen molar-refractivity contribution in [3.8, 4) is 5.88 Å². The van der Waals surface area contributed by atoms with Crippen molar-refractivity contribution in [2.75, 3.05) is 26.7 Å². The molecular weight excluding hydrogens is 274 g/mol. The number of likely N-dealkylation sites (N-methyl/N-ethyl adjacent to an activating group) is 1. The minimum atomic E-state index is 0.475. The van der Waals surface area contributed by atoms with Crippen LogP contribution in [0.1, 0.15) is 31.7 Å². The third-order valence-electron chi connectivity index (χ3n) is 3.78. The van der Waals surface area contributed by atoms with Gasteiger partial charge in [0.05, 0.1) is 0 Å². The van der Waals surface area contributed by atoms with E-state index < -0.39 is 0 Å². The van der Waals surface area contributed by atoms with Crippen molar-refractivity contribution in [1.29, 1.82) is 0 Å². The van der Waals surface area contributed by atoms with Crippen LogP contribution in [0.3, 0.4) is 0 Å². The zero-order chi connectivity index (χ0) is 14.4. The van der Waals surface area contributed by atoms with Crippen molar-refractivity contribution >= 4 is 11.6 Å². The molecule has 1 atom stereocenters. The van der Waals surface area contributed by atoms with Crippen molar-refractivity contribution in [3.63, 3.8) is 0 Å².